The first-order valence-corrected chi connectivity index (χ1v) is 7.07. The second kappa shape index (κ2) is 7.17. The largest absolute Gasteiger partial charge is 0.394 e. The minimum absolute atomic E-state index is 0.0497. The van der Waals surface area contributed by atoms with Gasteiger partial charge in [-0.3, -0.25) is 14.9 Å². The average Bonchev–Trinajstić information content (AvgIpc) is 2.46. The number of aliphatic hydroxyl groups excluding tert-OH is 1. The van der Waals surface area contributed by atoms with E-state index in [-0.39, 0.29) is 17.9 Å². The number of hydrogen-bond donors (Lipinski definition) is 2. The van der Waals surface area contributed by atoms with Gasteiger partial charge in [-0.05, 0) is 25.8 Å². The first kappa shape index (κ1) is 17.1. The lowest BCUT2D eigenvalue weighted by atomic mass is 9.96. The average molecular weight is 294 g/mol. The van der Waals surface area contributed by atoms with E-state index in [1.807, 2.05) is 13.8 Å². The van der Waals surface area contributed by atoms with Crippen molar-refractivity contribution >= 4 is 11.6 Å². The molecular formula is C15H22N2O4. The molecular weight excluding hydrogens is 272 g/mol. The van der Waals surface area contributed by atoms with Crippen LogP contribution in [0.5, 0.6) is 0 Å². The molecule has 1 aromatic rings. The summed E-state index contributed by atoms with van der Waals surface area (Å²) in [4.78, 5) is 22.8. The topological polar surface area (TPSA) is 92.5 Å². The van der Waals surface area contributed by atoms with Crippen molar-refractivity contribution in [2.24, 2.45) is 0 Å². The van der Waals surface area contributed by atoms with Crippen LogP contribution in [0.15, 0.2) is 18.2 Å². The smallest absolute Gasteiger partial charge is 0.273 e. The molecule has 0 saturated heterocycles. The lowest BCUT2D eigenvalue weighted by Gasteiger charge is -2.28. The summed E-state index contributed by atoms with van der Waals surface area (Å²) in [6.45, 7) is 5.36. The van der Waals surface area contributed by atoms with Gasteiger partial charge in [-0.15, -0.1) is 0 Å². The van der Waals surface area contributed by atoms with Gasteiger partial charge in [-0.25, -0.2) is 0 Å². The summed E-state index contributed by atoms with van der Waals surface area (Å²) >= 11 is 0. The summed E-state index contributed by atoms with van der Waals surface area (Å²) in [5, 5.41) is 23.2. The molecule has 6 heteroatoms. The molecule has 0 aliphatic rings. The molecule has 0 aliphatic carbocycles. The van der Waals surface area contributed by atoms with E-state index in [0.717, 1.165) is 6.42 Å². The van der Waals surface area contributed by atoms with Gasteiger partial charge in [0, 0.05) is 17.2 Å². The third-order valence-corrected chi connectivity index (χ3v) is 3.49. The van der Waals surface area contributed by atoms with Crippen LogP contribution in [0, 0.1) is 10.1 Å². The Balaban J connectivity index is 3.03. The summed E-state index contributed by atoms with van der Waals surface area (Å²) in [6.07, 6.45) is 1.97. The molecule has 0 saturated carbocycles. The number of carbonyl (C=O) groups excluding carboxylic acids is 1. The monoisotopic (exact) mass is 294 g/mol. The van der Waals surface area contributed by atoms with Gasteiger partial charge in [0.05, 0.1) is 17.1 Å². The fourth-order valence-electron chi connectivity index (χ4n) is 2.25. The Morgan fingerprint density at radius 2 is 2.10 bits per heavy atom. The quantitative estimate of drug-likeness (QED) is 0.596. The second-order valence-corrected chi connectivity index (χ2v) is 5.38. The number of amides is 1. The first-order valence-electron chi connectivity index (χ1n) is 7.07. The minimum Gasteiger partial charge on any atom is -0.394 e. The minimum atomic E-state index is -0.718. The zero-order chi connectivity index (χ0) is 16.0. The number of benzene rings is 1. The van der Waals surface area contributed by atoms with Crippen molar-refractivity contribution in [3.63, 3.8) is 0 Å². The van der Waals surface area contributed by atoms with Crippen molar-refractivity contribution in [3.05, 3.63) is 39.4 Å². The number of nitrogens with zero attached hydrogens (tertiary/aromatic N) is 1. The van der Waals surface area contributed by atoms with Crippen molar-refractivity contribution < 1.29 is 14.8 Å². The van der Waals surface area contributed by atoms with Gasteiger partial charge < -0.3 is 10.4 Å². The van der Waals surface area contributed by atoms with E-state index >= 15 is 0 Å². The SMILES string of the molecule is CCCC(C)(CO)NC(=O)c1ccc(CC)c([N+](=O)[O-])c1. The van der Waals surface area contributed by atoms with Crippen molar-refractivity contribution in [1.29, 1.82) is 0 Å². The number of carbonyl (C=O) groups is 1. The molecule has 2 N–H and O–H groups in total. The van der Waals surface area contributed by atoms with Crippen LogP contribution < -0.4 is 5.32 Å². The van der Waals surface area contributed by atoms with Crippen LogP contribution in [-0.2, 0) is 6.42 Å². The molecule has 116 valence electrons. The summed E-state index contributed by atoms with van der Waals surface area (Å²) in [5.41, 5.74) is 0.0559. The number of aryl methyl sites for hydroxylation is 1. The molecule has 6 nitrogen and oxygen atoms in total. The molecule has 1 aromatic carbocycles. The molecule has 0 fully saturated rings. The fourth-order valence-corrected chi connectivity index (χ4v) is 2.25. The molecule has 21 heavy (non-hydrogen) atoms. The highest BCUT2D eigenvalue weighted by Crippen LogP contribution is 2.21. The van der Waals surface area contributed by atoms with Gasteiger partial charge in [-0.1, -0.05) is 26.3 Å². The zero-order valence-electron chi connectivity index (χ0n) is 12.7. The van der Waals surface area contributed by atoms with Gasteiger partial charge in [0.25, 0.3) is 11.6 Å². The van der Waals surface area contributed by atoms with E-state index < -0.39 is 16.4 Å². The van der Waals surface area contributed by atoms with E-state index in [0.29, 0.717) is 18.4 Å². The highest BCUT2D eigenvalue weighted by Gasteiger charge is 2.26. The maximum atomic E-state index is 12.2. The maximum absolute atomic E-state index is 12.2. The van der Waals surface area contributed by atoms with Crippen LogP contribution in [0.4, 0.5) is 5.69 Å². The number of nitro benzene ring substituents is 1. The first-order chi connectivity index (χ1) is 9.86. The molecule has 1 rings (SSSR count). The Morgan fingerprint density at radius 1 is 1.43 bits per heavy atom. The Hall–Kier alpha value is -1.95. The van der Waals surface area contributed by atoms with Crippen LogP contribution in [0.3, 0.4) is 0 Å². The molecule has 0 bridgehead atoms. The van der Waals surface area contributed by atoms with Gasteiger partial charge in [0.15, 0.2) is 0 Å². The summed E-state index contributed by atoms with van der Waals surface area (Å²) in [5.74, 6) is -0.411. The van der Waals surface area contributed by atoms with Gasteiger partial charge in [0.1, 0.15) is 0 Å². The predicted octanol–water partition coefficient (Wildman–Crippen LogP) is 2.44. The normalized spacial score (nSPS) is 13.5. The number of nitro groups is 1. The Morgan fingerprint density at radius 3 is 2.57 bits per heavy atom. The molecule has 0 spiro atoms. The van der Waals surface area contributed by atoms with Gasteiger partial charge >= 0.3 is 0 Å². The maximum Gasteiger partial charge on any atom is 0.273 e. The van der Waals surface area contributed by atoms with E-state index in [9.17, 15) is 20.0 Å². The summed E-state index contributed by atoms with van der Waals surface area (Å²) < 4.78 is 0. The van der Waals surface area contributed by atoms with Crippen LogP contribution >= 0.6 is 0 Å². The molecule has 1 amide bonds. The molecule has 1 unspecified atom stereocenters. The summed E-state index contributed by atoms with van der Waals surface area (Å²) in [6, 6.07) is 4.46. The lowest BCUT2D eigenvalue weighted by molar-refractivity contribution is -0.385. The Bertz CT molecular complexity index is 530. The Kier molecular flexibility index (Phi) is 5.84. The van der Waals surface area contributed by atoms with E-state index in [4.69, 9.17) is 0 Å². The van der Waals surface area contributed by atoms with E-state index in [1.165, 1.54) is 6.07 Å². The predicted molar refractivity (Wildman–Crippen MR) is 80.3 cm³/mol. The van der Waals surface area contributed by atoms with Crippen LogP contribution in [0.2, 0.25) is 0 Å². The van der Waals surface area contributed by atoms with E-state index in [1.54, 1.807) is 19.1 Å². The number of aliphatic hydroxyl groups is 1. The fraction of sp³-hybridized carbons (Fsp3) is 0.533. The van der Waals surface area contributed by atoms with Crippen LogP contribution in [0.25, 0.3) is 0 Å². The van der Waals surface area contributed by atoms with Crippen molar-refractivity contribution in [1.82, 2.24) is 5.32 Å². The Labute approximate surface area is 124 Å². The molecule has 0 aromatic heterocycles. The third-order valence-electron chi connectivity index (χ3n) is 3.49. The third kappa shape index (κ3) is 4.26. The van der Waals surface area contributed by atoms with Gasteiger partial charge in [-0.2, -0.15) is 0 Å². The summed E-state index contributed by atoms with van der Waals surface area (Å²) in [7, 11) is 0. The number of nitrogens with one attached hydrogen (secondary N) is 1. The van der Waals surface area contributed by atoms with Crippen molar-refractivity contribution in [2.45, 2.75) is 45.6 Å². The highest BCUT2D eigenvalue weighted by molar-refractivity contribution is 5.95. The van der Waals surface area contributed by atoms with Crippen LogP contribution in [-0.4, -0.2) is 28.1 Å². The molecule has 0 radical (unpaired) electrons. The number of rotatable bonds is 7. The van der Waals surface area contributed by atoms with Crippen molar-refractivity contribution in [3.8, 4) is 0 Å². The second-order valence-electron chi connectivity index (χ2n) is 5.38. The van der Waals surface area contributed by atoms with Crippen molar-refractivity contribution in [2.75, 3.05) is 6.61 Å². The number of hydrogen-bond acceptors (Lipinski definition) is 4. The lowest BCUT2D eigenvalue weighted by Crippen LogP contribution is -2.48. The van der Waals surface area contributed by atoms with Crippen LogP contribution in [0.1, 0.15) is 49.5 Å². The van der Waals surface area contributed by atoms with Gasteiger partial charge in [0.2, 0.25) is 0 Å². The molecule has 0 aliphatic heterocycles. The zero-order valence-corrected chi connectivity index (χ0v) is 12.7. The highest BCUT2D eigenvalue weighted by atomic mass is 16.6. The molecule has 1 atom stereocenters. The standard InChI is InChI=1S/C15H22N2O4/c1-4-8-15(3,10-18)16-14(19)12-7-6-11(5-2)13(9-12)17(20)21/h6-7,9,18H,4-5,8,10H2,1-3H3,(H,16,19). The van der Waals surface area contributed by atoms with E-state index in [2.05, 4.69) is 5.32 Å². The molecule has 0 heterocycles.